The van der Waals surface area contributed by atoms with Crippen LogP contribution < -0.4 is 4.74 Å². The molecule has 4 rings (SSSR count). The van der Waals surface area contributed by atoms with Crippen molar-refractivity contribution in [3.8, 4) is 22.7 Å². The zero-order valence-electron chi connectivity index (χ0n) is 20.3. The number of hydrogen-bond acceptors (Lipinski definition) is 4. The Labute approximate surface area is 207 Å². The second kappa shape index (κ2) is 10.4. The molecule has 8 heteroatoms. The lowest BCUT2D eigenvalue weighted by atomic mass is 10.1. The van der Waals surface area contributed by atoms with Crippen molar-refractivity contribution in [3.63, 3.8) is 0 Å². The van der Waals surface area contributed by atoms with Crippen LogP contribution in [0.15, 0.2) is 66.9 Å². The van der Waals surface area contributed by atoms with Crippen molar-refractivity contribution in [3.05, 3.63) is 78.1 Å². The summed E-state index contributed by atoms with van der Waals surface area (Å²) in [4.78, 5) is 16.0. The quantitative estimate of drug-likeness (QED) is 0.247. The molecule has 2 aromatic carbocycles. The van der Waals surface area contributed by atoms with E-state index in [1.165, 1.54) is 6.07 Å². The number of rotatable bonds is 8. The summed E-state index contributed by atoms with van der Waals surface area (Å²) in [6.07, 6.45) is -2.84. The van der Waals surface area contributed by atoms with Gasteiger partial charge in [0.25, 0.3) is 0 Å². The Morgan fingerprint density at radius 1 is 1.03 bits per heavy atom. The molecular formula is C28H27F3N2O3. The van der Waals surface area contributed by atoms with E-state index in [9.17, 15) is 18.0 Å². The third-order valence-electron chi connectivity index (χ3n) is 5.62. The molecule has 0 aliphatic rings. The van der Waals surface area contributed by atoms with E-state index in [0.29, 0.717) is 24.3 Å². The van der Waals surface area contributed by atoms with Crippen LogP contribution in [0.25, 0.3) is 27.8 Å². The van der Waals surface area contributed by atoms with Crippen molar-refractivity contribution in [1.82, 2.24) is 9.55 Å². The summed E-state index contributed by atoms with van der Waals surface area (Å²) in [6.45, 7) is 6.02. The van der Waals surface area contributed by atoms with Crippen molar-refractivity contribution in [2.75, 3.05) is 6.61 Å². The number of fused-ring (bicyclic) bond motifs is 1. The molecule has 0 saturated carbocycles. The Morgan fingerprint density at radius 3 is 2.39 bits per heavy atom. The summed E-state index contributed by atoms with van der Waals surface area (Å²) in [7, 11) is 0. The molecule has 0 atom stereocenters. The van der Waals surface area contributed by atoms with Gasteiger partial charge in [0.15, 0.2) is 0 Å². The Morgan fingerprint density at radius 2 is 1.78 bits per heavy atom. The maximum atomic E-state index is 12.9. The zero-order valence-corrected chi connectivity index (χ0v) is 20.3. The summed E-state index contributed by atoms with van der Waals surface area (Å²) in [5, 5.41) is 0.885. The molecule has 0 fully saturated rings. The van der Waals surface area contributed by atoms with Gasteiger partial charge in [0, 0.05) is 28.5 Å². The number of nitrogens with zero attached hydrogens (tertiary/aromatic N) is 2. The molecule has 2 heterocycles. The molecule has 4 aromatic rings. The predicted octanol–water partition coefficient (Wildman–Crippen LogP) is 6.99. The monoisotopic (exact) mass is 496 g/mol. The highest BCUT2D eigenvalue weighted by molar-refractivity contribution is 5.87. The predicted molar refractivity (Wildman–Crippen MR) is 132 cm³/mol. The van der Waals surface area contributed by atoms with Gasteiger partial charge in [-0.15, -0.1) is 0 Å². The number of benzene rings is 2. The number of esters is 1. The maximum absolute atomic E-state index is 12.9. The molecule has 0 amide bonds. The van der Waals surface area contributed by atoms with E-state index in [1.807, 2.05) is 62.4 Å². The molecule has 5 nitrogen and oxygen atoms in total. The first-order valence-corrected chi connectivity index (χ1v) is 11.8. The molecule has 0 aliphatic carbocycles. The molecule has 0 N–H and O–H groups in total. The van der Waals surface area contributed by atoms with Gasteiger partial charge < -0.3 is 14.0 Å². The summed E-state index contributed by atoms with van der Waals surface area (Å²) >= 11 is 0. The Hall–Kier alpha value is -3.81. The van der Waals surface area contributed by atoms with E-state index < -0.39 is 11.7 Å². The summed E-state index contributed by atoms with van der Waals surface area (Å²) in [5.41, 5.74) is 3.08. The largest absolute Gasteiger partial charge is 0.491 e. The number of aryl methyl sites for hydroxylation is 1. The number of hydrogen-bond donors (Lipinski definition) is 0. The van der Waals surface area contributed by atoms with Crippen molar-refractivity contribution in [1.29, 1.82) is 0 Å². The first-order valence-electron chi connectivity index (χ1n) is 11.8. The van der Waals surface area contributed by atoms with Crippen molar-refractivity contribution >= 4 is 16.9 Å². The standard InChI is InChI=1S/C28H27F3N2O3/c1-4-35-27(34)14-9-23-16-20-15-19(25-12-6-21(17-32-25)28(29,30)31)5-13-26(20)33(23)22-7-10-24(11-8-22)36-18(2)3/h5-8,10-13,15-18H,4,9,14H2,1-3H3. The molecule has 36 heavy (non-hydrogen) atoms. The second-order valence-corrected chi connectivity index (χ2v) is 8.64. The van der Waals surface area contributed by atoms with E-state index >= 15 is 0 Å². The number of halogens is 3. The van der Waals surface area contributed by atoms with Gasteiger partial charge in [0.05, 0.1) is 35.9 Å². The van der Waals surface area contributed by atoms with E-state index in [4.69, 9.17) is 9.47 Å². The van der Waals surface area contributed by atoms with E-state index in [0.717, 1.165) is 40.3 Å². The topological polar surface area (TPSA) is 53.3 Å². The number of aromatic nitrogens is 2. The maximum Gasteiger partial charge on any atom is 0.417 e. The lowest BCUT2D eigenvalue weighted by Crippen LogP contribution is -2.08. The van der Waals surface area contributed by atoms with E-state index in [-0.39, 0.29) is 18.5 Å². The summed E-state index contributed by atoms with van der Waals surface area (Å²) in [5.74, 6) is 0.485. The summed E-state index contributed by atoms with van der Waals surface area (Å²) < 4.78 is 51.7. The average Bonchev–Trinajstić information content (AvgIpc) is 3.20. The van der Waals surface area contributed by atoms with Crippen LogP contribution in [0.2, 0.25) is 0 Å². The van der Waals surface area contributed by atoms with Crippen molar-refractivity contribution < 1.29 is 27.4 Å². The molecule has 0 saturated heterocycles. The Kier molecular flexibility index (Phi) is 7.33. The van der Waals surface area contributed by atoms with Crippen LogP contribution in [0.1, 0.15) is 38.4 Å². The molecule has 0 aliphatic heterocycles. The minimum absolute atomic E-state index is 0.0561. The highest BCUT2D eigenvalue weighted by Gasteiger charge is 2.30. The minimum atomic E-state index is -4.43. The SMILES string of the molecule is CCOC(=O)CCc1cc2cc(-c3ccc(C(F)(F)F)cn3)ccc2n1-c1ccc(OC(C)C)cc1. The third-order valence-corrected chi connectivity index (χ3v) is 5.62. The van der Waals surface area contributed by atoms with Crippen molar-refractivity contribution in [2.45, 2.75) is 45.9 Å². The van der Waals surface area contributed by atoms with Crippen LogP contribution in [0.5, 0.6) is 5.75 Å². The normalized spacial score (nSPS) is 11.8. The van der Waals surface area contributed by atoms with Gasteiger partial charge in [-0.25, -0.2) is 0 Å². The molecular weight excluding hydrogens is 469 g/mol. The van der Waals surface area contributed by atoms with Gasteiger partial charge in [-0.2, -0.15) is 13.2 Å². The van der Waals surface area contributed by atoms with E-state index in [1.54, 1.807) is 6.92 Å². The van der Waals surface area contributed by atoms with Gasteiger partial charge in [-0.3, -0.25) is 9.78 Å². The number of pyridine rings is 1. The third kappa shape index (κ3) is 5.70. The van der Waals surface area contributed by atoms with Gasteiger partial charge >= 0.3 is 12.1 Å². The lowest BCUT2D eigenvalue weighted by molar-refractivity contribution is -0.143. The van der Waals surface area contributed by atoms with Gasteiger partial charge in [-0.1, -0.05) is 6.07 Å². The second-order valence-electron chi connectivity index (χ2n) is 8.64. The molecule has 188 valence electrons. The Bertz CT molecular complexity index is 1340. The molecule has 2 aromatic heterocycles. The Balaban J connectivity index is 1.73. The molecule has 0 radical (unpaired) electrons. The highest BCUT2D eigenvalue weighted by Crippen LogP contribution is 2.32. The zero-order chi connectivity index (χ0) is 25.9. The fourth-order valence-electron chi connectivity index (χ4n) is 4.06. The number of ether oxygens (including phenoxy) is 2. The minimum Gasteiger partial charge on any atom is -0.491 e. The van der Waals surface area contributed by atoms with Crippen LogP contribution in [0.3, 0.4) is 0 Å². The van der Waals surface area contributed by atoms with Crippen LogP contribution in [0, 0.1) is 0 Å². The lowest BCUT2D eigenvalue weighted by Gasteiger charge is -2.14. The van der Waals surface area contributed by atoms with Crippen LogP contribution in [-0.4, -0.2) is 28.2 Å². The summed E-state index contributed by atoms with van der Waals surface area (Å²) in [6, 6.07) is 17.7. The highest BCUT2D eigenvalue weighted by atomic mass is 19.4. The van der Waals surface area contributed by atoms with E-state index in [2.05, 4.69) is 9.55 Å². The molecule has 0 bridgehead atoms. The average molecular weight is 497 g/mol. The van der Waals surface area contributed by atoms with Gasteiger partial charge in [-0.05, 0) is 81.8 Å². The molecule has 0 spiro atoms. The van der Waals surface area contributed by atoms with Crippen molar-refractivity contribution in [2.24, 2.45) is 0 Å². The number of carbonyl (C=O) groups excluding carboxylic acids is 1. The number of carbonyl (C=O) groups is 1. The van der Waals surface area contributed by atoms with Gasteiger partial charge in [0.2, 0.25) is 0 Å². The van der Waals surface area contributed by atoms with Gasteiger partial charge in [0.1, 0.15) is 5.75 Å². The van der Waals surface area contributed by atoms with Crippen LogP contribution in [0.4, 0.5) is 13.2 Å². The fourth-order valence-corrected chi connectivity index (χ4v) is 4.06. The molecule has 0 unspecified atom stereocenters. The van der Waals surface area contributed by atoms with Crippen LogP contribution in [-0.2, 0) is 22.1 Å². The first kappa shape index (κ1) is 25.3. The van der Waals surface area contributed by atoms with Crippen LogP contribution >= 0.6 is 0 Å². The smallest absolute Gasteiger partial charge is 0.417 e. The number of alkyl halides is 3. The fraction of sp³-hybridized carbons (Fsp3) is 0.286. The first-order chi connectivity index (χ1) is 17.2.